The minimum atomic E-state index is -4.19. The predicted molar refractivity (Wildman–Crippen MR) is 150 cm³/mol. The molecule has 11 heteroatoms. The standard InChI is InChI=1S/C29H40N2O8S/c1-21(10-9-17-32)15-16-30(40(36,37)26-14-8-13-25-27(26)39-20-38-25)19-24(33)23(18-22-11-6-5-7-12-22)31(28(34)35)29(2,3)4/h5-8,11-14,17,21,23-24,33H,9-10,15-16,18-20H2,1-4H3,(H,34,35)/t21?,23-,24+/m0/s1. The lowest BCUT2D eigenvalue weighted by Crippen LogP contribution is -2.58. The Morgan fingerprint density at radius 1 is 1.07 bits per heavy atom. The van der Waals surface area contributed by atoms with E-state index in [1.165, 1.54) is 15.3 Å². The second-order valence-electron chi connectivity index (χ2n) is 11.1. The van der Waals surface area contributed by atoms with Crippen molar-refractivity contribution in [3.05, 3.63) is 54.1 Å². The monoisotopic (exact) mass is 576 g/mol. The lowest BCUT2D eigenvalue weighted by Gasteiger charge is -2.42. The van der Waals surface area contributed by atoms with Gasteiger partial charge in [-0.05, 0) is 63.6 Å². The predicted octanol–water partition coefficient (Wildman–Crippen LogP) is 4.16. The number of sulfonamides is 1. The molecule has 1 amide bonds. The second-order valence-corrected chi connectivity index (χ2v) is 13.0. The zero-order valence-electron chi connectivity index (χ0n) is 23.5. The van der Waals surface area contributed by atoms with Gasteiger partial charge in [0.05, 0.1) is 12.1 Å². The molecular weight excluding hydrogens is 536 g/mol. The summed E-state index contributed by atoms with van der Waals surface area (Å²) >= 11 is 0. The van der Waals surface area contributed by atoms with Crippen LogP contribution in [0.4, 0.5) is 4.79 Å². The van der Waals surface area contributed by atoms with Crippen LogP contribution in [0.5, 0.6) is 11.5 Å². The molecule has 1 unspecified atom stereocenters. The van der Waals surface area contributed by atoms with Gasteiger partial charge in [0, 0.05) is 25.0 Å². The lowest BCUT2D eigenvalue weighted by molar-refractivity contribution is -0.108. The molecule has 0 saturated carbocycles. The van der Waals surface area contributed by atoms with Crippen molar-refractivity contribution < 1.29 is 37.7 Å². The van der Waals surface area contributed by atoms with Crippen molar-refractivity contribution in [1.82, 2.24) is 9.21 Å². The molecule has 1 aliphatic rings. The summed E-state index contributed by atoms with van der Waals surface area (Å²) in [5, 5.41) is 21.8. The molecule has 0 aliphatic carbocycles. The number of aldehydes is 1. The first-order chi connectivity index (χ1) is 18.9. The Hall–Kier alpha value is -3.15. The van der Waals surface area contributed by atoms with E-state index < -0.39 is 33.8 Å². The maximum atomic E-state index is 14.0. The Kier molecular flexibility index (Phi) is 10.6. The number of nitrogens with zero attached hydrogens (tertiary/aromatic N) is 2. The van der Waals surface area contributed by atoms with E-state index in [1.54, 1.807) is 32.9 Å². The summed E-state index contributed by atoms with van der Waals surface area (Å²) in [6, 6.07) is 12.9. The quantitative estimate of drug-likeness (QED) is 0.320. The van der Waals surface area contributed by atoms with E-state index in [4.69, 9.17) is 9.47 Å². The summed E-state index contributed by atoms with van der Waals surface area (Å²) in [4.78, 5) is 24.4. The normalized spacial score (nSPS) is 15.4. The van der Waals surface area contributed by atoms with Crippen LogP contribution in [0.25, 0.3) is 0 Å². The van der Waals surface area contributed by atoms with E-state index in [0.29, 0.717) is 25.0 Å². The average Bonchev–Trinajstić information content (AvgIpc) is 3.37. The molecule has 0 bridgehead atoms. The van der Waals surface area contributed by atoms with Gasteiger partial charge in [0.1, 0.15) is 11.2 Å². The molecule has 3 rings (SSSR count). The average molecular weight is 577 g/mol. The van der Waals surface area contributed by atoms with Gasteiger partial charge < -0.3 is 24.5 Å². The van der Waals surface area contributed by atoms with Crippen molar-refractivity contribution in [2.45, 2.75) is 76.0 Å². The SMILES string of the molecule is CC(CCC=O)CCN(C[C@@H](O)[C@H](Cc1ccccc1)N(C(=O)O)C(C)(C)C)S(=O)(=O)c1cccc2c1OCO2. The van der Waals surface area contributed by atoms with Gasteiger partial charge in [-0.15, -0.1) is 0 Å². The van der Waals surface area contributed by atoms with Crippen LogP contribution in [0.15, 0.2) is 53.4 Å². The van der Waals surface area contributed by atoms with Crippen LogP contribution in [0.3, 0.4) is 0 Å². The summed E-state index contributed by atoms with van der Waals surface area (Å²) in [6.07, 6.45) is -0.136. The molecule has 40 heavy (non-hydrogen) atoms. The Morgan fingerprint density at radius 3 is 2.40 bits per heavy atom. The maximum absolute atomic E-state index is 14.0. The van der Waals surface area contributed by atoms with Crippen molar-refractivity contribution in [3.8, 4) is 11.5 Å². The third-order valence-electron chi connectivity index (χ3n) is 7.01. The third-order valence-corrected chi connectivity index (χ3v) is 8.90. The highest BCUT2D eigenvalue weighted by atomic mass is 32.2. The van der Waals surface area contributed by atoms with Crippen LogP contribution < -0.4 is 9.47 Å². The summed E-state index contributed by atoms with van der Waals surface area (Å²) < 4.78 is 40.1. The zero-order valence-corrected chi connectivity index (χ0v) is 24.3. The van der Waals surface area contributed by atoms with Crippen molar-refractivity contribution in [3.63, 3.8) is 0 Å². The molecule has 10 nitrogen and oxygen atoms in total. The van der Waals surface area contributed by atoms with Crippen LogP contribution in [0.1, 0.15) is 52.5 Å². The summed E-state index contributed by atoms with van der Waals surface area (Å²) in [7, 11) is -4.19. The van der Waals surface area contributed by atoms with Crippen LogP contribution in [0.2, 0.25) is 0 Å². The number of aliphatic hydroxyl groups excluding tert-OH is 1. The van der Waals surface area contributed by atoms with Gasteiger partial charge in [-0.1, -0.05) is 43.3 Å². The first kappa shape index (κ1) is 31.4. The highest BCUT2D eigenvalue weighted by molar-refractivity contribution is 7.89. The summed E-state index contributed by atoms with van der Waals surface area (Å²) in [5.41, 5.74) is -0.0598. The van der Waals surface area contributed by atoms with E-state index in [2.05, 4.69) is 0 Å². The van der Waals surface area contributed by atoms with E-state index in [-0.39, 0.29) is 42.9 Å². The highest BCUT2D eigenvalue weighted by Crippen LogP contribution is 2.39. The Balaban J connectivity index is 1.99. The molecule has 0 fully saturated rings. The molecule has 2 aromatic carbocycles. The van der Waals surface area contributed by atoms with Crippen molar-refractivity contribution in [2.75, 3.05) is 19.9 Å². The Morgan fingerprint density at radius 2 is 1.77 bits per heavy atom. The number of benzene rings is 2. The van der Waals surface area contributed by atoms with Crippen LogP contribution >= 0.6 is 0 Å². The highest BCUT2D eigenvalue weighted by Gasteiger charge is 2.40. The van der Waals surface area contributed by atoms with Gasteiger partial charge in [-0.2, -0.15) is 4.31 Å². The molecule has 1 aliphatic heterocycles. The number of amides is 1. The van der Waals surface area contributed by atoms with Gasteiger partial charge in [-0.3, -0.25) is 4.90 Å². The number of aliphatic hydroxyl groups is 1. The summed E-state index contributed by atoms with van der Waals surface area (Å²) in [5.74, 6) is 0.470. The number of ether oxygens (including phenoxy) is 2. The number of para-hydroxylation sites is 1. The number of carboxylic acid groups (broad SMARTS) is 1. The van der Waals surface area contributed by atoms with E-state index >= 15 is 0 Å². The second kappa shape index (κ2) is 13.5. The van der Waals surface area contributed by atoms with Crippen LogP contribution in [-0.4, -0.2) is 77.8 Å². The molecule has 2 aromatic rings. The maximum Gasteiger partial charge on any atom is 0.408 e. The molecule has 2 N–H and O–H groups in total. The largest absolute Gasteiger partial charge is 0.465 e. The van der Waals surface area contributed by atoms with Gasteiger partial charge in [-0.25, -0.2) is 13.2 Å². The smallest absolute Gasteiger partial charge is 0.408 e. The lowest BCUT2D eigenvalue weighted by atomic mass is 9.94. The van der Waals surface area contributed by atoms with Gasteiger partial charge in [0.2, 0.25) is 16.8 Å². The first-order valence-electron chi connectivity index (χ1n) is 13.4. The van der Waals surface area contributed by atoms with Crippen molar-refractivity contribution >= 4 is 22.4 Å². The third kappa shape index (κ3) is 7.74. The molecular formula is C29H40N2O8S. The number of carbonyl (C=O) groups is 2. The molecule has 0 spiro atoms. The van der Waals surface area contributed by atoms with Gasteiger partial charge in [0.15, 0.2) is 11.5 Å². The number of fused-ring (bicyclic) bond motifs is 1. The topological polar surface area (TPSA) is 134 Å². The van der Waals surface area contributed by atoms with Crippen molar-refractivity contribution in [1.29, 1.82) is 0 Å². The van der Waals surface area contributed by atoms with E-state index in [1.807, 2.05) is 37.3 Å². The fraction of sp³-hybridized carbons (Fsp3) is 0.517. The molecule has 0 radical (unpaired) electrons. The number of hydrogen-bond acceptors (Lipinski definition) is 7. The Labute approximate surface area is 236 Å². The van der Waals surface area contributed by atoms with Gasteiger partial charge >= 0.3 is 6.09 Å². The minimum Gasteiger partial charge on any atom is -0.465 e. The van der Waals surface area contributed by atoms with Crippen LogP contribution in [-0.2, 0) is 21.2 Å². The summed E-state index contributed by atoms with van der Waals surface area (Å²) in [6.45, 7) is 6.76. The number of hydrogen-bond donors (Lipinski definition) is 2. The molecule has 0 aromatic heterocycles. The molecule has 220 valence electrons. The van der Waals surface area contributed by atoms with Gasteiger partial charge in [0.25, 0.3) is 0 Å². The first-order valence-corrected chi connectivity index (χ1v) is 14.9. The number of rotatable bonds is 14. The van der Waals surface area contributed by atoms with E-state index in [9.17, 15) is 28.2 Å². The molecule has 0 saturated heterocycles. The minimum absolute atomic E-state index is 0.0475. The fourth-order valence-corrected chi connectivity index (χ4v) is 6.55. The van der Waals surface area contributed by atoms with Crippen LogP contribution in [0, 0.1) is 5.92 Å². The van der Waals surface area contributed by atoms with E-state index in [0.717, 1.165) is 11.8 Å². The molecule has 1 heterocycles. The zero-order chi connectivity index (χ0) is 29.5. The molecule has 3 atom stereocenters. The van der Waals surface area contributed by atoms with Crippen molar-refractivity contribution in [2.24, 2.45) is 5.92 Å². The fourth-order valence-electron chi connectivity index (χ4n) is 4.93. The Bertz CT molecular complexity index is 1250. The number of carbonyl (C=O) groups excluding carboxylic acids is 1.